The van der Waals surface area contributed by atoms with Crippen LogP contribution >= 0.6 is 27.3 Å². The molecule has 0 bridgehead atoms. The van der Waals surface area contributed by atoms with Crippen LogP contribution in [0, 0.1) is 6.92 Å². The van der Waals surface area contributed by atoms with E-state index in [1.54, 1.807) is 30.1 Å². The molecule has 160 valence electrons. The summed E-state index contributed by atoms with van der Waals surface area (Å²) in [4.78, 5) is 13.5. The molecule has 1 aliphatic rings. The van der Waals surface area contributed by atoms with Crippen LogP contribution in [-0.2, 0) is 13.6 Å². The second-order valence-electron chi connectivity index (χ2n) is 7.02. The van der Waals surface area contributed by atoms with Gasteiger partial charge in [0, 0.05) is 36.1 Å². The highest BCUT2D eigenvalue weighted by atomic mass is 79.9. The van der Waals surface area contributed by atoms with E-state index in [-0.39, 0.29) is 29.0 Å². The molecule has 12 heteroatoms. The third-order valence-corrected chi connectivity index (χ3v) is 6.91. The largest absolute Gasteiger partial charge is 0.410 e. The molecule has 3 aromatic rings. The summed E-state index contributed by atoms with van der Waals surface area (Å²) in [5, 5.41) is 15.7. The van der Waals surface area contributed by atoms with Crippen LogP contribution < -0.4 is 10.6 Å². The summed E-state index contributed by atoms with van der Waals surface area (Å²) >= 11 is 4.66. The Bertz CT molecular complexity index is 1070. The third kappa shape index (κ3) is 3.73. The highest BCUT2D eigenvalue weighted by Gasteiger charge is 2.48. The molecular formula is C18H18BrF3N6OS. The highest BCUT2D eigenvalue weighted by Crippen LogP contribution is 2.46. The van der Waals surface area contributed by atoms with E-state index in [4.69, 9.17) is 0 Å². The summed E-state index contributed by atoms with van der Waals surface area (Å²) in [6.45, 7) is 2.06. The van der Waals surface area contributed by atoms with Crippen molar-refractivity contribution in [1.29, 1.82) is 0 Å². The van der Waals surface area contributed by atoms with E-state index in [1.807, 2.05) is 12.3 Å². The van der Waals surface area contributed by atoms with Crippen LogP contribution in [0.15, 0.2) is 28.2 Å². The second kappa shape index (κ2) is 7.73. The molecule has 2 N–H and O–H groups in total. The van der Waals surface area contributed by atoms with Gasteiger partial charge in [-0.25, -0.2) is 4.68 Å². The quantitative estimate of drug-likeness (QED) is 0.556. The summed E-state index contributed by atoms with van der Waals surface area (Å²) in [5.74, 6) is -0.424. The normalized spacial score (nSPS) is 18.7. The Morgan fingerprint density at radius 2 is 2.23 bits per heavy atom. The smallest absolute Gasteiger partial charge is 0.362 e. The maximum absolute atomic E-state index is 13.8. The molecule has 3 aromatic heterocycles. The van der Waals surface area contributed by atoms with Crippen molar-refractivity contribution >= 4 is 39.0 Å². The van der Waals surface area contributed by atoms with Gasteiger partial charge in [0.25, 0.3) is 5.91 Å². The Hall–Kier alpha value is -2.34. The summed E-state index contributed by atoms with van der Waals surface area (Å²) in [6, 6.07) is 1.23. The van der Waals surface area contributed by atoms with Crippen molar-refractivity contribution in [3.63, 3.8) is 0 Å². The Balaban J connectivity index is 1.63. The van der Waals surface area contributed by atoms with Crippen LogP contribution in [0.25, 0.3) is 0 Å². The van der Waals surface area contributed by atoms with Crippen molar-refractivity contribution in [3.05, 3.63) is 50.0 Å². The number of nitrogens with one attached hydrogen (secondary N) is 2. The van der Waals surface area contributed by atoms with Gasteiger partial charge in [0.2, 0.25) is 0 Å². The second-order valence-corrected chi connectivity index (χ2v) is 8.79. The molecule has 0 radical (unpaired) electrons. The molecule has 1 aliphatic heterocycles. The van der Waals surface area contributed by atoms with Crippen molar-refractivity contribution in [2.24, 2.45) is 7.05 Å². The van der Waals surface area contributed by atoms with Crippen molar-refractivity contribution in [1.82, 2.24) is 24.9 Å². The van der Waals surface area contributed by atoms with E-state index < -0.39 is 24.2 Å². The van der Waals surface area contributed by atoms with Gasteiger partial charge >= 0.3 is 6.18 Å². The molecule has 4 heterocycles. The molecule has 2 atom stereocenters. The first-order valence-electron chi connectivity index (χ1n) is 9.07. The fourth-order valence-electron chi connectivity index (χ4n) is 3.39. The molecule has 4 rings (SSSR count). The molecule has 1 amide bonds. The number of carbonyl (C=O) groups excluding carboxylic acids is 1. The topological polar surface area (TPSA) is 76.8 Å². The van der Waals surface area contributed by atoms with E-state index >= 15 is 0 Å². The number of halogens is 4. The van der Waals surface area contributed by atoms with Crippen molar-refractivity contribution in [2.45, 2.75) is 38.1 Å². The van der Waals surface area contributed by atoms with Crippen molar-refractivity contribution in [2.75, 3.05) is 5.32 Å². The van der Waals surface area contributed by atoms with E-state index in [2.05, 4.69) is 36.8 Å². The SMILES string of the molecule is Cc1c(CNC(=O)c2nn3c(c2Br)N[C@@H](c2cccs2)C[C@H]3C(F)(F)F)cnn1C. The lowest BCUT2D eigenvalue weighted by molar-refractivity contribution is -0.173. The van der Waals surface area contributed by atoms with Gasteiger partial charge in [-0.2, -0.15) is 23.4 Å². The molecule has 0 saturated heterocycles. The number of rotatable bonds is 4. The zero-order valence-corrected chi connectivity index (χ0v) is 18.4. The van der Waals surface area contributed by atoms with Gasteiger partial charge in [-0.1, -0.05) is 6.07 Å². The van der Waals surface area contributed by atoms with Gasteiger partial charge < -0.3 is 10.6 Å². The van der Waals surface area contributed by atoms with Crippen LogP contribution in [-0.4, -0.2) is 31.6 Å². The molecule has 0 aromatic carbocycles. The van der Waals surface area contributed by atoms with Crippen LogP contribution in [0.1, 0.15) is 45.1 Å². The molecule has 0 fully saturated rings. The fraction of sp³-hybridized carbons (Fsp3) is 0.389. The number of anilines is 1. The molecular weight excluding hydrogens is 485 g/mol. The van der Waals surface area contributed by atoms with E-state index in [9.17, 15) is 18.0 Å². The summed E-state index contributed by atoms with van der Waals surface area (Å²) in [7, 11) is 1.79. The molecule has 30 heavy (non-hydrogen) atoms. The van der Waals surface area contributed by atoms with Crippen LogP contribution in [0.4, 0.5) is 19.0 Å². The lowest BCUT2D eigenvalue weighted by atomic mass is 10.0. The molecule has 7 nitrogen and oxygen atoms in total. The average molecular weight is 503 g/mol. The summed E-state index contributed by atoms with van der Waals surface area (Å²) in [5.41, 5.74) is 1.60. The lowest BCUT2D eigenvalue weighted by Crippen LogP contribution is -2.35. The summed E-state index contributed by atoms with van der Waals surface area (Å²) in [6.07, 6.45) is -3.07. The van der Waals surface area contributed by atoms with E-state index in [0.717, 1.165) is 20.8 Å². The number of alkyl halides is 3. The number of hydrogen-bond acceptors (Lipinski definition) is 5. The van der Waals surface area contributed by atoms with Crippen LogP contribution in [0.5, 0.6) is 0 Å². The number of aromatic nitrogens is 4. The molecule has 0 spiro atoms. The minimum Gasteiger partial charge on any atom is -0.362 e. The van der Waals surface area contributed by atoms with Gasteiger partial charge in [-0.05, 0) is 34.3 Å². The predicted octanol–water partition coefficient (Wildman–Crippen LogP) is 4.34. The highest BCUT2D eigenvalue weighted by molar-refractivity contribution is 9.10. The third-order valence-electron chi connectivity index (χ3n) is 5.17. The number of thiophene rings is 1. The Morgan fingerprint density at radius 3 is 2.83 bits per heavy atom. The minimum atomic E-state index is -4.50. The Morgan fingerprint density at radius 1 is 1.47 bits per heavy atom. The molecule has 0 aliphatic carbocycles. The number of nitrogens with zero attached hydrogens (tertiary/aromatic N) is 4. The standard InChI is InChI=1S/C18H18BrF3N6OS/c1-9-10(8-24-27(9)2)7-23-17(29)15-14(19)16-25-11(12-4-3-5-30-12)6-13(18(20,21)22)28(16)26-15/h3-5,8,11,13,25H,6-7H2,1-2H3,(H,23,29)/t11-,13+/m1/s1. The zero-order chi connectivity index (χ0) is 21.6. The maximum Gasteiger partial charge on any atom is 0.410 e. The van der Waals surface area contributed by atoms with Crippen LogP contribution in [0.3, 0.4) is 0 Å². The first-order chi connectivity index (χ1) is 14.2. The Kier molecular flexibility index (Phi) is 5.39. The van der Waals surface area contributed by atoms with E-state index in [1.165, 1.54) is 11.3 Å². The lowest BCUT2D eigenvalue weighted by Gasteiger charge is -2.33. The fourth-order valence-corrected chi connectivity index (χ4v) is 4.73. The number of amides is 1. The number of hydrogen-bond donors (Lipinski definition) is 2. The van der Waals surface area contributed by atoms with Gasteiger partial charge in [0.05, 0.1) is 16.7 Å². The predicted molar refractivity (Wildman–Crippen MR) is 109 cm³/mol. The zero-order valence-electron chi connectivity index (χ0n) is 16.0. The first kappa shape index (κ1) is 20.9. The molecule has 0 saturated carbocycles. The number of fused-ring (bicyclic) bond motifs is 1. The average Bonchev–Trinajstić information content (AvgIpc) is 3.41. The van der Waals surface area contributed by atoms with Gasteiger partial charge in [-0.15, -0.1) is 11.3 Å². The summed E-state index contributed by atoms with van der Waals surface area (Å²) < 4.78 is 44.1. The van der Waals surface area contributed by atoms with Crippen molar-refractivity contribution < 1.29 is 18.0 Å². The van der Waals surface area contributed by atoms with Gasteiger partial charge in [-0.3, -0.25) is 9.48 Å². The van der Waals surface area contributed by atoms with E-state index in [0.29, 0.717) is 0 Å². The first-order valence-corrected chi connectivity index (χ1v) is 10.7. The monoisotopic (exact) mass is 502 g/mol. The molecule has 0 unspecified atom stereocenters. The van der Waals surface area contributed by atoms with Crippen LogP contribution in [0.2, 0.25) is 0 Å². The minimum absolute atomic E-state index is 0.0971. The Labute approximate surface area is 182 Å². The van der Waals surface area contributed by atoms with Crippen molar-refractivity contribution in [3.8, 4) is 0 Å². The maximum atomic E-state index is 13.8. The van der Waals surface area contributed by atoms with Gasteiger partial charge in [0.1, 0.15) is 5.82 Å². The number of aryl methyl sites for hydroxylation is 1. The van der Waals surface area contributed by atoms with Gasteiger partial charge in [0.15, 0.2) is 11.7 Å². The number of carbonyl (C=O) groups is 1.